The summed E-state index contributed by atoms with van der Waals surface area (Å²) < 4.78 is 18.7. The van der Waals surface area contributed by atoms with E-state index in [1.165, 1.54) is 24.3 Å². The highest BCUT2D eigenvalue weighted by atomic mass is 127. The van der Waals surface area contributed by atoms with E-state index >= 15 is 0 Å². The zero-order valence-electron chi connectivity index (χ0n) is 10.1. The molecular weight excluding hydrogens is 360 g/mol. The number of carbonyl (C=O) groups excluding carboxylic acids is 1. The summed E-state index contributed by atoms with van der Waals surface area (Å²) in [6.45, 7) is 0. The highest BCUT2D eigenvalue weighted by molar-refractivity contribution is 14.1. The van der Waals surface area contributed by atoms with E-state index in [1.54, 1.807) is 25.3 Å². The fraction of sp³-hybridized carbons (Fsp3) is 0.0714. The van der Waals surface area contributed by atoms with E-state index in [2.05, 4.69) is 27.9 Å². The minimum atomic E-state index is -0.336. The van der Waals surface area contributed by atoms with Crippen LogP contribution in [0.3, 0.4) is 0 Å². The molecule has 0 aliphatic carbocycles. The number of ether oxygens (including phenoxy) is 1. The Balaban J connectivity index is 2.16. The molecule has 0 atom stereocenters. The smallest absolute Gasteiger partial charge is 0.255 e. The van der Waals surface area contributed by atoms with Crippen LogP contribution in [0.4, 0.5) is 10.1 Å². The summed E-state index contributed by atoms with van der Waals surface area (Å²) in [6.07, 6.45) is 0. The zero-order valence-corrected chi connectivity index (χ0v) is 12.3. The minimum Gasteiger partial charge on any atom is -0.496 e. The number of rotatable bonds is 3. The number of hydrogen-bond acceptors (Lipinski definition) is 2. The topological polar surface area (TPSA) is 38.3 Å². The highest BCUT2D eigenvalue weighted by Gasteiger charge is 2.09. The molecule has 1 amide bonds. The van der Waals surface area contributed by atoms with Gasteiger partial charge >= 0.3 is 0 Å². The second-order valence-corrected chi connectivity index (χ2v) is 4.97. The quantitative estimate of drug-likeness (QED) is 0.836. The van der Waals surface area contributed by atoms with Crippen LogP contribution in [-0.2, 0) is 0 Å². The molecule has 0 unspecified atom stereocenters. The van der Waals surface area contributed by atoms with Crippen molar-refractivity contribution < 1.29 is 13.9 Å². The monoisotopic (exact) mass is 371 g/mol. The van der Waals surface area contributed by atoms with Gasteiger partial charge in [-0.3, -0.25) is 4.79 Å². The Hall–Kier alpha value is -1.63. The molecule has 2 aromatic carbocycles. The molecule has 0 aliphatic heterocycles. The first-order valence-corrected chi connectivity index (χ1v) is 6.58. The molecule has 0 radical (unpaired) electrons. The van der Waals surface area contributed by atoms with Crippen molar-refractivity contribution in [3.05, 3.63) is 57.4 Å². The minimum absolute atomic E-state index is 0.243. The Morgan fingerprint density at radius 3 is 2.47 bits per heavy atom. The molecule has 1 N–H and O–H groups in total. The molecule has 0 saturated carbocycles. The molecular formula is C14H11FINO2. The van der Waals surface area contributed by atoms with Gasteiger partial charge in [0.1, 0.15) is 11.6 Å². The van der Waals surface area contributed by atoms with Crippen LogP contribution in [0.15, 0.2) is 42.5 Å². The summed E-state index contributed by atoms with van der Waals surface area (Å²) in [6, 6.07) is 10.8. The molecule has 0 spiro atoms. The summed E-state index contributed by atoms with van der Waals surface area (Å²) in [5.74, 6) is 0.142. The van der Waals surface area contributed by atoms with E-state index in [4.69, 9.17) is 4.74 Å². The van der Waals surface area contributed by atoms with Gasteiger partial charge in [-0.05, 0) is 65.1 Å². The van der Waals surface area contributed by atoms with Crippen LogP contribution in [0.1, 0.15) is 10.4 Å². The highest BCUT2D eigenvalue weighted by Crippen LogP contribution is 2.22. The van der Waals surface area contributed by atoms with Crippen LogP contribution >= 0.6 is 22.6 Å². The predicted molar refractivity (Wildman–Crippen MR) is 80.1 cm³/mol. The van der Waals surface area contributed by atoms with Crippen molar-refractivity contribution in [3.63, 3.8) is 0 Å². The normalized spacial score (nSPS) is 10.1. The largest absolute Gasteiger partial charge is 0.496 e. The Kier molecular flexibility index (Phi) is 4.36. The molecule has 2 aromatic rings. The fourth-order valence-electron chi connectivity index (χ4n) is 1.54. The van der Waals surface area contributed by atoms with E-state index in [1.807, 2.05) is 0 Å². The Morgan fingerprint density at radius 1 is 1.21 bits per heavy atom. The Morgan fingerprint density at radius 2 is 1.89 bits per heavy atom. The van der Waals surface area contributed by atoms with Crippen molar-refractivity contribution in [2.75, 3.05) is 12.4 Å². The summed E-state index contributed by atoms with van der Waals surface area (Å²) in [5, 5.41) is 2.70. The first-order chi connectivity index (χ1) is 9.10. The lowest BCUT2D eigenvalue weighted by molar-refractivity contribution is 0.102. The second-order valence-electron chi connectivity index (χ2n) is 3.81. The second kappa shape index (κ2) is 6.01. The number of anilines is 1. The summed E-state index contributed by atoms with van der Waals surface area (Å²) >= 11 is 2.10. The van der Waals surface area contributed by atoms with E-state index in [0.29, 0.717) is 11.3 Å². The molecule has 98 valence electrons. The van der Waals surface area contributed by atoms with Gasteiger partial charge in [0.15, 0.2) is 0 Å². The average Bonchev–Trinajstić information content (AvgIpc) is 2.41. The molecule has 0 aliphatic rings. The van der Waals surface area contributed by atoms with Crippen molar-refractivity contribution in [3.8, 4) is 5.75 Å². The van der Waals surface area contributed by atoms with Crippen molar-refractivity contribution in [2.24, 2.45) is 0 Å². The summed E-state index contributed by atoms with van der Waals surface area (Å²) in [5.41, 5.74) is 1.08. The first kappa shape index (κ1) is 13.8. The maximum atomic E-state index is 12.8. The lowest BCUT2D eigenvalue weighted by Crippen LogP contribution is -2.12. The van der Waals surface area contributed by atoms with Gasteiger partial charge in [-0.25, -0.2) is 4.39 Å². The van der Waals surface area contributed by atoms with Crippen molar-refractivity contribution in [1.82, 2.24) is 0 Å². The molecule has 5 heteroatoms. The lowest BCUT2D eigenvalue weighted by atomic mass is 10.2. The fourth-order valence-corrected chi connectivity index (χ4v) is 2.28. The van der Waals surface area contributed by atoms with Gasteiger partial charge in [0.25, 0.3) is 5.91 Å². The predicted octanol–water partition coefficient (Wildman–Crippen LogP) is 3.69. The van der Waals surface area contributed by atoms with Crippen LogP contribution in [0.5, 0.6) is 5.75 Å². The summed E-state index contributed by atoms with van der Waals surface area (Å²) in [7, 11) is 1.58. The van der Waals surface area contributed by atoms with E-state index < -0.39 is 0 Å². The van der Waals surface area contributed by atoms with E-state index in [-0.39, 0.29) is 11.7 Å². The van der Waals surface area contributed by atoms with Gasteiger partial charge < -0.3 is 10.1 Å². The Labute approximate surface area is 123 Å². The number of carbonyl (C=O) groups is 1. The molecule has 0 fully saturated rings. The molecule has 3 nitrogen and oxygen atoms in total. The van der Waals surface area contributed by atoms with E-state index in [9.17, 15) is 9.18 Å². The molecule has 19 heavy (non-hydrogen) atoms. The first-order valence-electron chi connectivity index (χ1n) is 5.50. The SMILES string of the molecule is COc1ccc(C(=O)Nc2ccc(F)cc2)cc1I. The van der Waals surface area contributed by atoms with Crippen LogP contribution in [0.2, 0.25) is 0 Å². The standard InChI is InChI=1S/C14H11FINO2/c1-19-13-7-2-9(8-12(13)16)14(18)17-11-5-3-10(15)4-6-11/h2-8H,1H3,(H,17,18). The van der Waals surface area contributed by atoms with Crippen LogP contribution in [-0.4, -0.2) is 13.0 Å². The molecule has 0 aromatic heterocycles. The van der Waals surface area contributed by atoms with Crippen LogP contribution < -0.4 is 10.1 Å². The van der Waals surface area contributed by atoms with Gasteiger partial charge in [-0.1, -0.05) is 0 Å². The number of halogens is 2. The zero-order chi connectivity index (χ0) is 13.8. The molecule has 0 saturated heterocycles. The third-order valence-corrected chi connectivity index (χ3v) is 3.36. The average molecular weight is 371 g/mol. The lowest BCUT2D eigenvalue weighted by Gasteiger charge is -2.07. The van der Waals surface area contributed by atoms with E-state index in [0.717, 1.165) is 9.32 Å². The van der Waals surface area contributed by atoms with Gasteiger partial charge in [-0.15, -0.1) is 0 Å². The van der Waals surface area contributed by atoms with Gasteiger partial charge in [0.2, 0.25) is 0 Å². The molecule has 2 rings (SSSR count). The summed E-state index contributed by atoms with van der Waals surface area (Å²) in [4.78, 5) is 12.0. The third-order valence-electron chi connectivity index (χ3n) is 2.52. The van der Waals surface area contributed by atoms with Gasteiger partial charge in [0.05, 0.1) is 10.7 Å². The number of hydrogen-bond donors (Lipinski definition) is 1. The van der Waals surface area contributed by atoms with Crippen molar-refractivity contribution >= 4 is 34.2 Å². The number of amides is 1. The maximum Gasteiger partial charge on any atom is 0.255 e. The number of methoxy groups -OCH3 is 1. The van der Waals surface area contributed by atoms with Crippen LogP contribution in [0.25, 0.3) is 0 Å². The van der Waals surface area contributed by atoms with Crippen molar-refractivity contribution in [2.45, 2.75) is 0 Å². The van der Waals surface area contributed by atoms with Crippen molar-refractivity contribution in [1.29, 1.82) is 0 Å². The Bertz CT molecular complexity index is 599. The molecule has 0 heterocycles. The maximum absolute atomic E-state index is 12.8. The van der Waals surface area contributed by atoms with Gasteiger partial charge in [0, 0.05) is 11.3 Å². The number of nitrogens with one attached hydrogen (secondary N) is 1. The third kappa shape index (κ3) is 3.44. The molecule has 0 bridgehead atoms. The number of benzene rings is 2. The van der Waals surface area contributed by atoms with Gasteiger partial charge in [-0.2, -0.15) is 0 Å². The van der Waals surface area contributed by atoms with Crippen LogP contribution in [0, 0.1) is 9.39 Å².